The highest BCUT2D eigenvalue weighted by molar-refractivity contribution is 8.54. The van der Waals surface area contributed by atoms with Crippen LogP contribution in [0.4, 0.5) is 17.5 Å². The van der Waals surface area contributed by atoms with Crippen LogP contribution in [0, 0.1) is 0 Å². The maximum atomic E-state index is 14.3. The summed E-state index contributed by atoms with van der Waals surface area (Å²) in [5.74, 6) is -0.772. The van der Waals surface area contributed by atoms with Crippen LogP contribution in [0.15, 0.2) is 38.0 Å². The molecule has 0 bridgehead atoms. The monoisotopic (exact) mass is 1480 g/mol. The van der Waals surface area contributed by atoms with Crippen molar-refractivity contribution in [3.63, 3.8) is 0 Å². The van der Waals surface area contributed by atoms with Gasteiger partial charge in [0.1, 0.15) is 97.1 Å². The predicted molar refractivity (Wildman–Crippen MR) is 346 cm³/mol. The third-order valence-electron chi connectivity index (χ3n) is 16.3. The first-order valence-corrected chi connectivity index (χ1v) is 39.5. The molecule has 9 rings (SSSR count). The standard InChI is InChI=1S/C54H85N15O24P4S/c1-4-5-6-7-8-9-10-11-12-13-14-15-16-17-18-19-36(71)83-22-23-98-97(79,80)93-45-42(82-3)35(90-54(45)69-32-66-39-48(57)60-29-63-51(39)69)26-87-95(75,76)91-43-40(72)33(88-52(43)67-30-64-37-46(55)58-27-61-49(37)67)24-86-96(77,78)92-44-41(81-2)34(25-85-94(73,74)84-21-20-70)89-53(44)68-31-65-38-47(56)59-28-62-50(38)68/h27-35,40-45,52-54,70,72H,4-26H2,1-3H3,(H,73,74)(H,75,76)(H,77,78)(H,79,80)(H2,55,58,61)(H2,56,59,62)(H2,57,60,63)/t33-,34-,35-,40?,41?,42?,43+,44+,45+,52-,53-,54-/m1/s1. The topological polar surface area (TPSA) is 536 Å². The SMILES string of the molecule is CCCCCCCCCCCCCCCCCC(=O)OCCSP(=O)(O)O[C@H]1C(OC)[C@@H](COP(=O)(O)O[C@H]2C(O)[C@@H](COP(=O)(O)O[C@H]3C(OC)[C@@H](COP(=O)(O)OCCO)O[C@H]3n3cnc4c(N)ncnc43)O[C@H]2n2cnc3c(N)ncnc32)O[C@H]1n1cnc2c(N)ncnc21. The number of esters is 1. The quantitative estimate of drug-likeness (QED) is 0.0130. The van der Waals surface area contributed by atoms with Crippen molar-refractivity contribution >= 4 is 98.6 Å². The number of methoxy groups -OCH3 is 2. The number of ether oxygens (including phenoxy) is 6. The molecule has 9 heterocycles. The molecule has 6 aromatic rings. The summed E-state index contributed by atoms with van der Waals surface area (Å²) in [7, 11) is -13.4. The number of nitrogen functional groups attached to an aromatic ring is 3. The first-order valence-electron chi connectivity index (χ1n) is 31.8. The molecule has 3 saturated heterocycles. The highest BCUT2D eigenvalue weighted by Crippen LogP contribution is 2.60. The van der Waals surface area contributed by atoms with E-state index in [0.717, 1.165) is 62.7 Å². The van der Waals surface area contributed by atoms with Gasteiger partial charge in [0.2, 0.25) is 0 Å². The Bertz CT molecular complexity index is 3760. The zero-order valence-corrected chi connectivity index (χ0v) is 58.4. The van der Waals surface area contributed by atoms with Crippen molar-refractivity contribution < 1.29 is 113 Å². The molecule has 0 aromatic carbocycles. The van der Waals surface area contributed by atoms with Crippen LogP contribution in [-0.2, 0) is 83.1 Å². The Kier molecular flexibility index (Phi) is 28.2. The van der Waals surface area contributed by atoms with Crippen molar-refractivity contribution in [2.24, 2.45) is 0 Å². The Morgan fingerprint density at radius 3 is 1.34 bits per heavy atom. The van der Waals surface area contributed by atoms with Gasteiger partial charge in [-0.25, -0.2) is 63.1 Å². The van der Waals surface area contributed by atoms with E-state index < -0.39 is 143 Å². The van der Waals surface area contributed by atoms with Gasteiger partial charge in [0.05, 0.1) is 52.0 Å². The van der Waals surface area contributed by atoms with E-state index in [4.69, 9.17) is 82.4 Å². The molecule has 0 aliphatic carbocycles. The molecule has 0 spiro atoms. The molecule has 0 radical (unpaired) electrons. The van der Waals surface area contributed by atoms with E-state index in [1.54, 1.807) is 0 Å². The van der Waals surface area contributed by atoms with Crippen LogP contribution in [0.2, 0.25) is 0 Å². The molecule has 3 aliphatic rings. The van der Waals surface area contributed by atoms with Crippen LogP contribution in [-0.4, -0.2) is 209 Å². The zero-order chi connectivity index (χ0) is 70.2. The van der Waals surface area contributed by atoms with Crippen molar-refractivity contribution in [2.75, 3.05) is 76.8 Å². The Hall–Kier alpha value is -4.93. The highest BCUT2D eigenvalue weighted by atomic mass is 32.7. The molecule has 0 saturated carbocycles. The van der Waals surface area contributed by atoms with Crippen LogP contribution in [0.25, 0.3) is 33.5 Å². The number of carbonyl (C=O) groups is 1. The minimum Gasteiger partial charge on any atom is -0.465 e. The number of imidazole rings is 3. The number of fused-ring (bicyclic) bond motifs is 3. The van der Waals surface area contributed by atoms with Crippen molar-refractivity contribution in [2.45, 2.75) is 183 Å². The summed E-state index contributed by atoms with van der Waals surface area (Å²) in [5, 5.41) is 21.1. The number of phosphoric acid groups is 3. The first-order chi connectivity index (χ1) is 47.0. The van der Waals surface area contributed by atoms with E-state index in [2.05, 4.69) is 51.8 Å². The van der Waals surface area contributed by atoms with Crippen molar-refractivity contribution in [1.82, 2.24) is 58.6 Å². The third-order valence-corrected chi connectivity index (χ3v) is 22.2. The summed E-state index contributed by atoms with van der Waals surface area (Å²) in [6.45, 7) is -6.56. The molecule has 98 heavy (non-hydrogen) atoms. The summed E-state index contributed by atoms with van der Waals surface area (Å²) in [6.07, 6.45) is 5.55. The van der Waals surface area contributed by atoms with Gasteiger partial charge >= 0.3 is 36.2 Å². The summed E-state index contributed by atoms with van der Waals surface area (Å²) in [5.41, 5.74) is 18.5. The average molecular weight is 1480 g/mol. The molecule has 546 valence electrons. The smallest absolute Gasteiger partial charge is 0.465 e. The molecule has 7 unspecified atom stereocenters. The molecule has 16 atom stereocenters. The second kappa shape index (κ2) is 35.8. The molecule has 12 N–H and O–H groups in total. The minimum absolute atomic E-state index is 0.0222. The zero-order valence-electron chi connectivity index (χ0n) is 54.0. The Morgan fingerprint density at radius 2 is 0.898 bits per heavy atom. The fraction of sp³-hybridized carbons (Fsp3) is 0.704. The lowest BCUT2D eigenvalue weighted by atomic mass is 10.0. The number of phosphoric ester groups is 3. The fourth-order valence-corrected chi connectivity index (χ4v) is 16.5. The number of rotatable bonds is 43. The van der Waals surface area contributed by atoms with Crippen LogP contribution >= 0.6 is 41.6 Å². The van der Waals surface area contributed by atoms with Crippen LogP contribution in [0.3, 0.4) is 0 Å². The van der Waals surface area contributed by atoms with Crippen LogP contribution in [0.1, 0.15) is 128 Å². The van der Waals surface area contributed by atoms with E-state index in [0.29, 0.717) is 17.8 Å². The summed E-state index contributed by atoms with van der Waals surface area (Å²) in [4.78, 5) is 94.5. The average Bonchev–Trinajstić information content (AvgIpc) is 1.62. The van der Waals surface area contributed by atoms with E-state index >= 15 is 0 Å². The number of nitrogens with two attached hydrogens (primary N) is 3. The lowest BCUT2D eigenvalue weighted by Gasteiger charge is -2.26. The van der Waals surface area contributed by atoms with E-state index in [1.807, 2.05) is 0 Å². The molecule has 39 nitrogen and oxygen atoms in total. The maximum Gasteiger partial charge on any atom is 0.472 e. The van der Waals surface area contributed by atoms with Gasteiger partial charge in [-0.3, -0.25) is 50.2 Å². The molecule has 44 heteroatoms. The molecule has 6 aromatic heterocycles. The number of aromatic nitrogens is 12. The van der Waals surface area contributed by atoms with Gasteiger partial charge in [0.25, 0.3) is 0 Å². The summed E-state index contributed by atoms with van der Waals surface area (Å²) >= 11 is 0.472. The van der Waals surface area contributed by atoms with E-state index in [1.165, 1.54) is 93.1 Å². The Morgan fingerprint density at radius 1 is 0.510 bits per heavy atom. The summed E-state index contributed by atoms with van der Waals surface area (Å²) < 4.78 is 132. The third kappa shape index (κ3) is 20.2. The van der Waals surface area contributed by atoms with Gasteiger partial charge in [-0.05, 0) is 17.8 Å². The number of nitrogens with zero attached hydrogens (tertiary/aromatic N) is 12. The number of unbranched alkanes of at least 4 members (excludes halogenated alkanes) is 14. The number of aliphatic hydroxyl groups is 2. The van der Waals surface area contributed by atoms with Gasteiger partial charge in [-0.2, -0.15) is 0 Å². The van der Waals surface area contributed by atoms with E-state index in [-0.39, 0.29) is 69.7 Å². The molecular weight excluding hydrogens is 1400 g/mol. The molecule has 3 aliphatic heterocycles. The van der Waals surface area contributed by atoms with Gasteiger partial charge in [0, 0.05) is 26.4 Å². The molecule has 3 fully saturated rings. The lowest BCUT2D eigenvalue weighted by Crippen LogP contribution is -2.38. The molecular formula is C54H85N15O24P4S. The number of aliphatic hydroxyl groups excluding tert-OH is 2. The van der Waals surface area contributed by atoms with Crippen LogP contribution in [0.5, 0.6) is 0 Å². The second-order valence-corrected chi connectivity index (χ2v) is 31.4. The van der Waals surface area contributed by atoms with Gasteiger partial charge in [-0.1, -0.05) is 96.8 Å². The van der Waals surface area contributed by atoms with Crippen molar-refractivity contribution in [3.05, 3.63) is 38.0 Å². The highest BCUT2D eigenvalue weighted by Gasteiger charge is 2.55. The van der Waals surface area contributed by atoms with Gasteiger partial charge < -0.3 is 75.4 Å². The number of hydrogen-bond acceptors (Lipinski definition) is 33. The van der Waals surface area contributed by atoms with Crippen molar-refractivity contribution in [3.8, 4) is 0 Å². The molecule has 0 amide bonds. The fourth-order valence-electron chi connectivity index (χ4n) is 11.6. The van der Waals surface area contributed by atoms with Gasteiger partial charge in [0.15, 0.2) is 53.1 Å². The largest absolute Gasteiger partial charge is 0.472 e. The first kappa shape index (κ1) is 77.2. The maximum absolute atomic E-state index is 14.3. The number of anilines is 3. The Balaban J connectivity index is 0.837. The van der Waals surface area contributed by atoms with Gasteiger partial charge in [-0.15, -0.1) is 0 Å². The van der Waals surface area contributed by atoms with Crippen molar-refractivity contribution in [1.29, 1.82) is 0 Å². The lowest BCUT2D eigenvalue weighted by molar-refractivity contribution is -0.143. The number of carbonyl (C=O) groups excluding carboxylic acids is 1. The van der Waals surface area contributed by atoms with E-state index in [9.17, 15) is 47.7 Å². The minimum atomic E-state index is -5.50. The second-order valence-electron chi connectivity index (χ2n) is 23.1. The summed E-state index contributed by atoms with van der Waals surface area (Å²) in [6, 6.07) is 0. The van der Waals surface area contributed by atoms with Crippen LogP contribution < -0.4 is 17.2 Å². The predicted octanol–water partition coefficient (Wildman–Crippen LogP) is 5.49. The number of hydrogen-bond donors (Lipinski definition) is 9. The normalized spacial score (nSPS) is 26.1. The Labute approximate surface area is 565 Å².